The lowest BCUT2D eigenvalue weighted by atomic mass is 9.76. The summed E-state index contributed by atoms with van der Waals surface area (Å²) in [6.07, 6.45) is 2.42. The SMILES string of the molecule is O=C1[C@@H]2C(Cc3c[nH]c4ccccc34)NC3(C(=O)Nc4ccc(Cl)cc43)[C@@H]2C(=O)N1Cc1ccccc1. The van der Waals surface area contributed by atoms with Crippen molar-refractivity contribution in [2.24, 2.45) is 11.8 Å². The molecule has 2 fully saturated rings. The number of amides is 3. The van der Waals surface area contributed by atoms with Gasteiger partial charge in [0.15, 0.2) is 0 Å². The summed E-state index contributed by atoms with van der Waals surface area (Å²) >= 11 is 6.36. The summed E-state index contributed by atoms with van der Waals surface area (Å²) in [6, 6.07) is 22.2. The van der Waals surface area contributed by atoms with Gasteiger partial charge in [-0.1, -0.05) is 60.1 Å². The van der Waals surface area contributed by atoms with Crippen LogP contribution in [0.3, 0.4) is 0 Å². The third-order valence-electron chi connectivity index (χ3n) is 8.07. The third-order valence-corrected chi connectivity index (χ3v) is 8.30. The molecule has 1 spiro atoms. The van der Waals surface area contributed by atoms with E-state index in [2.05, 4.69) is 15.6 Å². The standard InChI is InChI=1S/C29H23ClN4O3/c30-18-10-11-22-20(13-18)29(28(37)32-22)25-24(26(35)34(27(25)36)15-16-6-2-1-3-7-16)23(33-29)12-17-14-31-21-9-5-4-8-19(17)21/h1-11,13-14,23-25,31,33H,12,15H2,(H,32,37)/t23?,24-,25+,29?/m1/s1. The van der Waals surface area contributed by atoms with Crippen molar-refractivity contribution < 1.29 is 14.4 Å². The van der Waals surface area contributed by atoms with Crippen molar-refractivity contribution in [1.29, 1.82) is 0 Å². The average Bonchev–Trinajstić information content (AvgIpc) is 3.61. The monoisotopic (exact) mass is 510 g/mol. The molecular weight excluding hydrogens is 488 g/mol. The van der Waals surface area contributed by atoms with E-state index in [1.54, 1.807) is 18.2 Å². The lowest BCUT2D eigenvalue weighted by Gasteiger charge is -2.29. The lowest BCUT2D eigenvalue weighted by molar-refractivity contribution is -0.143. The van der Waals surface area contributed by atoms with Crippen LogP contribution in [0.15, 0.2) is 79.0 Å². The highest BCUT2D eigenvalue weighted by Gasteiger charge is 2.70. The minimum Gasteiger partial charge on any atom is -0.361 e. The highest BCUT2D eigenvalue weighted by Crippen LogP contribution is 2.54. The maximum atomic E-state index is 14.0. The number of aromatic nitrogens is 1. The Balaban J connectivity index is 1.35. The quantitative estimate of drug-likeness (QED) is 0.362. The molecule has 8 heteroatoms. The maximum Gasteiger partial charge on any atom is 0.250 e. The van der Waals surface area contributed by atoms with Crippen molar-refractivity contribution in [3.63, 3.8) is 0 Å². The number of nitrogens with one attached hydrogen (secondary N) is 3. The topological polar surface area (TPSA) is 94.3 Å². The third kappa shape index (κ3) is 3.14. The lowest BCUT2D eigenvalue weighted by Crippen LogP contribution is -2.53. The molecule has 4 heterocycles. The fraction of sp³-hybridized carbons (Fsp3) is 0.207. The summed E-state index contributed by atoms with van der Waals surface area (Å²) in [7, 11) is 0. The van der Waals surface area contributed by atoms with Gasteiger partial charge in [0.2, 0.25) is 17.7 Å². The Labute approximate surface area is 217 Å². The van der Waals surface area contributed by atoms with Gasteiger partial charge < -0.3 is 10.3 Å². The molecule has 0 aliphatic carbocycles. The van der Waals surface area contributed by atoms with Gasteiger partial charge in [0.05, 0.1) is 18.4 Å². The van der Waals surface area contributed by atoms with Crippen LogP contribution in [-0.4, -0.2) is 33.6 Å². The Morgan fingerprint density at radius 1 is 0.919 bits per heavy atom. The summed E-state index contributed by atoms with van der Waals surface area (Å²) in [6.45, 7) is 0.172. The Kier molecular flexibility index (Phi) is 4.83. The number of anilines is 1. The molecule has 3 amide bonds. The molecule has 7 nitrogen and oxygen atoms in total. The zero-order chi connectivity index (χ0) is 25.3. The summed E-state index contributed by atoms with van der Waals surface area (Å²) in [5, 5.41) is 7.95. The number of imide groups is 1. The Morgan fingerprint density at radius 3 is 2.54 bits per heavy atom. The Bertz CT molecular complexity index is 1600. The van der Waals surface area contributed by atoms with Gasteiger partial charge in [-0.25, -0.2) is 0 Å². The van der Waals surface area contributed by atoms with Crippen LogP contribution in [0.25, 0.3) is 10.9 Å². The Hall–Kier alpha value is -3.94. The number of benzene rings is 3. The molecule has 2 unspecified atom stereocenters. The van der Waals surface area contributed by atoms with Crippen LogP contribution < -0.4 is 10.6 Å². The van der Waals surface area contributed by atoms with Gasteiger partial charge in [-0.05, 0) is 41.8 Å². The van der Waals surface area contributed by atoms with Crippen molar-refractivity contribution >= 4 is 45.9 Å². The first kappa shape index (κ1) is 22.3. The molecule has 2 saturated heterocycles. The second kappa shape index (κ2) is 8.03. The summed E-state index contributed by atoms with van der Waals surface area (Å²) in [5.74, 6) is -2.49. The van der Waals surface area contributed by atoms with E-state index in [9.17, 15) is 14.4 Å². The van der Waals surface area contributed by atoms with E-state index >= 15 is 0 Å². The highest BCUT2D eigenvalue weighted by molar-refractivity contribution is 6.31. The predicted octanol–water partition coefficient (Wildman–Crippen LogP) is 3.98. The van der Waals surface area contributed by atoms with Gasteiger partial charge in [0, 0.05) is 39.4 Å². The minimum atomic E-state index is -1.38. The van der Waals surface area contributed by atoms with Gasteiger partial charge in [0.25, 0.3) is 0 Å². The molecule has 0 bridgehead atoms. The molecule has 3 aromatic carbocycles. The number of fused-ring (bicyclic) bond motifs is 5. The van der Waals surface area contributed by atoms with Crippen LogP contribution in [0, 0.1) is 11.8 Å². The number of para-hydroxylation sites is 1. The second-order valence-corrected chi connectivity index (χ2v) is 10.5. The van der Waals surface area contributed by atoms with E-state index in [1.165, 1.54) is 4.90 Å². The summed E-state index contributed by atoms with van der Waals surface area (Å²) < 4.78 is 0. The molecule has 7 rings (SSSR count). The van der Waals surface area contributed by atoms with Crippen LogP contribution in [0.4, 0.5) is 5.69 Å². The number of likely N-dealkylation sites (tertiary alicyclic amines) is 1. The van der Waals surface area contributed by atoms with Gasteiger partial charge in [-0.15, -0.1) is 0 Å². The number of rotatable bonds is 4. The smallest absolute Gasteiger partial charge is 0.250 e. The minimum absolute atomic E-state index is 0.172. The van der Waals surface area contributed by atoms with Gasteiger partial charge >= 0.3 is 0 Å². The molecule has 3 aliphatic rings. The first-order chi connectivity index (χ1) is 18.0. The van der Waals surface area contributed by atoms with E-state index < -0.39 is 23.4 Å². The number of carbonyl (C=O) groups is 3. The van der Waals surface area contributed by atoms with Gasteiger partial charge in [-0.2, -0.15) is 0 Å². The van der Waals surface area contributed by atoms with Crippen molar-refractivity contribution in [2.45, 2.75) is 24.5 Å². The molecule has 4 atom stereocenters. The molecular formula is C29H23ClN4O3. The van der Waals surface area contributed by atoms with Crippen molar-refractivity contribution in [1.82, 2.24) is 15.2 Å². The number of carbonyl (C=O) groups excluding carboxylic acids is 3. The number of halogens is 1. The second-order valence-electron chi connectivity index (χ2n) is 10.0. The molecule has 1 aromatic heterocycles. The van der Waals surface area contributed by atoms with Crippen LogP contribution in [-0.2, 0) is 32.9 Å². The molecule has 3 aliphatic heterocycles. The van der Waals surface area contributed by atoms with E-state index in [0.717, 1.165) is 22.0 Å². The van der Waals surface area contributed by atoms with Crippen molar-refractivity contribution in [2.75, 3.05) is 5.32 Å². The van der Waals surface area contributed by atoms with E-state index in [4.69, 9.17) is 11.6 Å². The zero-order valence-electron chi connectivity index (χ0n) is 19.7. The fourth-order valence-corrected chi connectivity index (χ4v) is 6.64. The number of hydrogen-bond acceptors (Lipinski definition) is 4. The van der Waals surface area contributed by atoms with Crippen LogP contribution in [0.5, 0.6) is 0 Å². The normalized spacial score (nSPS) is 26.2. The molecule has 3 N–H and O–H groups in total. The first-order valence-electron chi connectivity index (χ1n) is 12.3. The fourth-order valence-electron chi connectivity index (χ4n) is 6.47. The number of hydrogen-bond donors (Lipinski definition) is 3. The van der Waals surface area contributed by atoms with Gasteiger partial charge in [-0.3, -0.25) is 24.6 Å². The number of aromatic amines is 1. The van der Waals surface area contributed by atoms with Crippen LogP contribution in [0.1, 0.15) is 16.7 Å². The van der Waals surface area contributed by atoms with E-state index in [1.807, 2.05) is 60.8 Å². The summed E-state index contributed by atoms with van der Waals surface area (Å²) in [4.78, 5) is 46.2. The average molecular weight is 511 g/mol. The zero-order valence-corrected chi connectivity index (χ0v) is 20.5. The molecule has 184 valence electrons. The molecule has 37 heavy (non-hydrogen) atoms. The van der Waals surface area contributed by atoms with Crippen LogP contribution in [0.2, 0.25) is 5.02 Å². The predicted molar refractivity (Wildman–Crippen MR) is 140 cm³/mol. The van der Waals surface area contributed by atoms with Crippen molar-refractivity contribution in [3.8, 4) is 0 Å². The van der Waals surface area contributed by atoms with Crippen LogP contribution >= 0.6 is 11.6 Å². The molecule has 0 radical (unpaired) electrons. The summed E-state index contributed by atoms with van der Waals surface area (Å²) in [5.41, 5.74) is 2.73. The maximum absolute atomic E-state index is 14.0. The molecule has 4 aromatic rings. The van der Waals surface area contributed by atoms with Gasteiger partial charge in [0.1, 0.15) is 5.54 Å². The van der Waals surface area contributed by atoms with E-state index in [-0.39, 0.29) is 24.3 Å². The highest BCUT2D eigenvalue weighted by atomic mass is 35.5. The number of H-pyrrole nitrogens is 1. The molecule has 0 saturated carbocycles. The van der Waals surface area contributed by atoms with E-state index in [0.29, 0.717) is 22.7 Å². The Morgan fingerprint density at radius 2 is 1.70 bits per heavy atom. The number of nitrogens with zero attached hydrogens (tertiary/aromatic N) is 1. The van der Waals surface area contributed by atoms with Crippen molar-refractivity contribution in [3.05, 3.63) is 101 Å². The first-order valence-corrected chi connectivity index (χ1v) is 12.7. The largest absolute Gasteiger partial charge is 0.361 e.